The van der Waals surface area contributed by atoms with Gasteiger partial charge in [-0.05, 0) is 43.2 Å². The average Bonchev–Trinajstić information content (AvgIpc) is 2.39. The van der Waals surface area contributed by atoms with Crippen molar-refractivity contribution in [2.75, 3.05) is 0 Å². The summed E-state index contributed by atoms with van der Waals surface area (Å²) in [6, 6.07) is 13.8. The molecule has 0 aliphatic carbocycles. The van der Waals surface area contributed by atoms with Gasteiger partial charge in [-0.25, -0.2) is 0 Å². The summed E-state index contributed by atoms with van der Waals surface area (Å²) in [5.74, 6) is -0.0267. The fraction of sp³-hybridized carbons (Fsp3) is 0.188. The summed E-state index contributed by atoms with van der Waals surface area (Å²) in [6.07, 6.45) is 0. The van der Waals surface area contributed by atoms with Gasteiger partial charge in [-0.2, -0.15) is 0 Å². The Hall–Kier alpha value is -1.61. The SMILES string of the molecule is Cc1ccc(C)c(C(=O)NCc2cccc(Br)c2)c1. The van der Waals surface area contributed by atoms with Crippen LogP contribution in [0.4, 0.5) is 0 Å². The lowest BCUT2D eigenvalue weighted by Gasteiger charge is -2.09. The van der Waals surface area contributed by atoms with Crippen molar-refractivity contribution in [3.8, 4) is 0 Å². The van der Waals surface area contributed by atoms with Gasteiger partial charge in [0.1, 0.15) is 0 Å². The standard InChI is InChI=1S/C16H16BrNO/c1-11-6-7-12(2)15(8-11)16(19)18-10-13-4-3-5-14(17)9-13/h3-9H,10H2,1-2H3,(H,18,19). The quantitative estimate of drug-likeness (QED) is 0.911. The number of carbonyl (C=O) groups excluding carboxylic acids is 1. The van der Waals surface area contributed by atoms with E-state index in [1.807, 2.05) is 56.3 Å². The van der Waals surface area contributed by atoms with Crippen LogP contribution in [0.2, 0.25) is 0 Å². The molecule has 0 heterocycles. The fourth-order valence-corrected chi connectivity index (χ4v) is 2.35. The molecule has 1 N–H and O–H groups in total. The number of benzene rings is 2. The third kappa shape index (κ3) is 3.67. The van der Waals surface area contributed by atoms with Crippen LogP contribution in [0.1, 0.15) is 27.0 Å². The Kier molecular flexibility index (Phi) is 4.38. The molecule has 0 atom stereocenters. The lowest BCUT2D eigenvalue weighted by Crippen LogP contribution is -2.23. The first kappa shape index (κ1) is 13.8. The summed E-state index contributed by atoms with van der Waals surface area (Å²) in [6.45, 7) is 4.48. The smallest absolute Gasteiger partial charge is 0.251 e. The molecule has 98 valence electrons. The van der Waals surface area contributed by atoms with Gasteiger partial charge < -0.3 is 5.32 Å². The predicted molar refractivity (Wildman–Crippen MR) is 81.2 cm³/mol. The van der Waals surface area contributed by atoms with Crippen LogP contribution in [0.25, 0.3) is 0 Å². The first-order valence-electron chi connectivity index (χ1n) is 6.16. The molecule has 0 saturated carbocycles. The molecule has 0 aromatic heterocycles. The minimum absolute atomic E-state index is 0.0267. The molecule has 19 heavy (non-hydrogen) atoms. The fourth-order valence-electron chi connectivity index (χ4n) is 1.90. The maximum Gasteiger partial charge on any atom is 0.251 e. The topological polar surface area (TPSA) is 29.1 Å². The van der Waals surface area contributed by atoms with E-state index in [9.17, 15) is 4.79 Å². The van der Waals surface area contributed by atoms with E-state index >= 15 is 0 Å². The van der Waals surface area contributed by atoms with E-state index in [0.29, 0.717) is 6.54 Å². The number of aryl methyl sites for hydroxylation is 2. The Labute approximate surface area is 122 Å². The van der Waals surface area contributed by atoms with Crippen LogP contribution >= 0.6 is 15.9 Å². The molecule has 0 aliphatic heterocycles. The number of hydrogen-bond donors (Lipinski definition) is 1. The van der Waals surface area contributed by atoms with Gasteiger partial charge >= 0.3 is 0 Å². The number of rotatable bonds is 3. The van der Waals surface area contributed by atoms with Crippen molar-refractivity contribution in [1.82, 2.24) is 5.32 Å². The number of halogens is 1. The van der Waals surface area contributed by atoms with Crippen LogP contribution in [0.5, 0.6) is 0 Å². The highest BCUT2D eigenvalue weighted by molar-refractivity contribution is 9.10. The Morgan fingerprint density at radius 2 is 1.95 bits per heavy atom. The van der Waals surface area contributed by atoms with Crippen LogP contribution in [-0.4, -0.2) is 5.91 Å². The van der Waals surface area contributed by atoms with Gasteiger partial charge in [0.2, 0.25) is 0 Å². The largest absolute Gasteiger partial charge is 0.348 e. The Bertz CT molecular complexity index is 607. The number of carbonyl (C=O) groups is 1. The average molecular weight is 318 g/mol. The normalized spacial score (nSPS) is 10.3. The highest BCUT2D eigenvalue weighted by Crippen LogP contribution is 2.13. The molecular weight excluding hydrogens is 302 g/mol. The van der Waals surface area contributed by atoms with E-state index in [4.69, 9.17) is 0 Å². The van der Waals surface area contributed by atoms with Crippen LogP contribution < -0.4 is 5.32 Å². The zero-order valence-electron chi connectivity index (χ0n) is 11.0. The minimum atomic E-state index is -0.0267. The van der Waals surface area contributed by atoms with Gasteiger partial charge in [0.15, 0.2) is 0 Å². The molecule has 2 aromatic rings. The number of hydrogen-bond acceptors (Lipinski definition) is 1. The maximum atomic E-state index is 12.2. The Morgan fingerprint density at radius 1 is 1.16 bits per heavy atom. The summed E-state index contributed by atoms with van der Waals surface area (Å²) in [7, 11) is 0. The van der Waals surface area contributed by atoms with Gasteiger partial charge in [0, 0.05) is 16.6 Å². The first-order chi connectivity index (χ1) is 9.06. The second-order valence-electron chi connectivity index (χ2n) is 4.63. The molecule has 0 saturated heterocycles. The molecule has 2 nitrogen and oxygen atoms in total. The van der Waals surface area contributed by atoms with Crippen LogP contribution in [0.3, 0.4) is 0 Å². The van der Waals surface area contributed by atoms with Gasteiger partial charge in [0.05, 0.1) is 0 Å². The first-order valence-corrected chi connectivity index (χ1v) is 6.95. The van der Waals surface area contributed by atoms with E-state index < -0.39 is 0 Å². The monoisotopic (exact) mass is 317 g/mol. The van der Waals surface area contributed by atoms with E-state index in [0.717, 1.165) is 26.7 Å². The molecule has 0 spiro atoms. The van der Waals surface area contributed by atoms with Crippen molar-refractivity contribution < 1.29 is 4.79 Å². The summed E-state index contributed by atoms with van der Waals surface area (Å²) >= 11 is 3.42. The zero-order chi connectivity index (χ0) is 13.8. The van der Waals surface area contributed by atoms with Crippen molar-refractivity contribution in [1.29, 1.82) is 0 Å². The molecule has 0 fully saturated rings. The van der Waals surface area contributed by atoms with E-state index in [1.54, 1.807) is 0 Å². The van der Waals surface area contributed by atoms with Crippen LogP contribution in [0.15, 0.2) is 46.9 Å². The van der Waals surface area contributed by atoms with Gasteiger partial charge in [-0.15, -0.1) is 0 Å². The Morgan fingerprint density at radius 3 is 2.68 bits per heavy atom. The second kappa shape index (κ2) is 6.02. The summed E-state index contributed by atoms with van der Waals surface area (Å²) < 4.78 is 1.02. The van der Waals surface area contributed by atoms with Gasteiger partial charge in [0.25, 0.3) is 5.91 Å². The van der Waals surface area contributed by atoms with Crippen LogP contribution in [0, 0.1) is 13.8 Å². The third-order valence-electron chi connectivity index (χ3n) is 2.98. The second-order valence-corrected chi connectivity index (χ2v) is 5.55. The van der Waals surface area contributed by atoms with Crippen LogP contribution in [-0.2, 0) is 6.54 Å². The zero-order valence-corrected chi connectivity index (χ0v) is 12.6. The van der Waals surface area contributed by atoms with Crippen molar-refractivity contribution in [2.24, 2.45) is 0 Å². The molecular formula is C16H16BrNO. The lowest BCUT2D eigenvalue weighted by molar-refractivity contribution is 0.0950. The molecule has 2 rings (SSSR count). The van der Waals surface area contributed by atoms with Crippen molar-refractivity contribution in [3.05, 3.63) is 69.2 Å². The van der Waals surface area contributed by atoms with Gasteiger partial charge in [-0.3, -0.25) is 4.79 Å². The number of amides is 1. The summed E-state index contributed by atoms with van der Waals surface area (Å²) in [4.78, 5) is 12.2. The minimum Gasteiger partial charge on any atom is -0.348 e. The molecule has 2 aromatic carbocycles. The number of nitrogens with one attached hydrogen (secondary N) is 1. The lowest BCUT2D eigenvalue weighted by atomic mass is 10.1. The molecule has 0 unspecified atom stereocenters. The highest BCUT2D eigenvalue weighted by Gasteiger charge is 2.08. The van der Waals surface area contributed by atoms with Crippen molar-refractivity contribution in [3.63, 3.8) is 0 Å². The molecule has 3 heteroatoms. The van der Waals surface area contributed by atoms with Gasteiger partial charge in [-0.1, -0.05) is 45.8 Å². The van der Waals surface area contributed by atoms with E-state index in [-0.39, 0.29) is 5.91 Å². The van der Waals surface area contributed by atoms with E-state index in [2.05, 4.69) is 21.2 Å². The third-order valence-corrected chi connectivity index (χ3v) is 3.47. The predicted octanol–water partition coefficient (Wildman–Crippen LogP) is 4.00. The molecule has 1 amide bonds. The van der Waals surface area contributed by atoms with E-state index in [1.165, 1.54) is 0 Å². The molecule has 0 bridgehead atoms. The molecule has 0 aliphatic rings. The summed E-state index contributed by atoms with van der Waals surface area (Å²) in [5, 5.41) is 2.95. The van der Waals surface area contributed by atoms with Crippen molar-refractivity contribution in [2.45, 2.75) is 20.4 Å². The molecule has 0 radical (unpaired) electrons. The highest BCUT2D eigenvalue weighted by atomic mass is 79.9. The Balaban J connectivity index is 2.07. The maximum absolute atomic E-state index is 12.2. The summed E-state index contributed by atoms with van der Waals surface area (Å²) in [5.41, 5.74) is 3.92. The van der Waals surface area contributed by atoms with Crippen molar-refractivity contribution >= 4 is 21.8 Å².